The van der Waals surface area contributed by atoms with Crippen LogP contribution in [0.15, 0.2) is 72.9 Å². The van der Waals surface area contributed by atoms with Crippen LogP contribution in [0.5, 0.6) is 0 Å². The smallest absolute Gasteiger partial charge is 0.306 e. The lowest BCUT2D eigenvalue weighted by atomic mass is 10.0. The molecule has 0 aromatic heterocycles. The van der Waals surface area contributed by atoms with Gasteiger partial charge in [-0.3, -0.25) is 9.59 Å². The minimum Gasteiger partial charge on any atom is -0.462 e. The molecule has 0 heterocycles. The molecule has 64 heavy (non-hydrogen) atoms. The average molecular weight is 894 g/mol. The van der Waals surface area contributed by atoms with Crippen molar-refractivity contribution in [3.8, 4) is 0 Å². The highest BCUT2D eigenvalue weighted by molar-refractivity contribution is 5.77. The maximum atomic E-state index is 13.2. The SMILES string of the molecule is CC/C=C/C/C=C/C/C=C/CCCCCCCCC(=O)OC(CCCC/C=C/C/C=C/C/C=C/CC)CC(=O)NC(CO)C(O)CCCCCCCCCCCCCCCCCCC. The number of unbranched alkanes of at least 4 members (excludes halogenated alkanes) is 24. The first-order valence-corrected chi connectivity index (χ1v) is 27.2. The molecule has 3 atom stereocenters. The second-order valence-electron chi connectivity index (χ2n) is 18.2. The Bertz CT molecular complexity index is 1190. The van der Waals surface area contributed by atoms with Crippen LogP contribution in [0.4, 0.5) is 0 Å². The van der Waals surface area contributed by atoms with Gasteiger partial charge in [-0.25, -0.2) is 0 Å². The molecule has 6 nitrogen and oxygen atoms in total. The van der Waals surface area contributed by atoms with E-state index in [1.807, 2.05) is 0 Å². The van der Waals surface area contributed by atoms with E-state index in [9.17, 15) is 19.8 Å². The van der Waals surface area contributed by atoms with Crippen LogP contribution in [-0.2, 0) is 14.3 Å². The highest BCUT2D eigenvalue weighted by Gasteiger charge is 2.24. The van der Waals surface area contributed by atoms with Gasteiger partial charge in [0.05, 0.1) is 25.2 Å². The van der Waals surface area contributed by atoms with Crippen LogP contribution in [0.25, 0.3) is 0 Å². The number of esters is 1. The van der Waals surface area contributed by atoms with E-state index in [1.165, 1.54) is 109 Å². The molecule has 0 radical (unpaired) electrons. The average Bonchev–Trinajstić information content (AvgIpc) is 3.29. The summed E-state index contributed by atoms with van der Waals surface area (Å²) in [5.41, 5.74) is 0. The Hall–Kier alpha value is -2.70. The Balaban J connectivity index is 4.55. The second kappa shape index (κ2) is 51.3. The Morgan fingerprint density at radius 2 is 0.844 bits per heavy atom. The Morgan fingerprint density at radius 1 is 0.469 bits per heavy atom. The predicted octanol–water partition coefficient (Wildman–Crippen LogP) is 16.6. The fourth-order valence-electron chi connectivity index (χ4n) is 7.99. The van der Waals surface area contributed by atoms with E-state index in [1.54, 1.807) is 0 Å². The summed E-state index contributed by atoms with van der Waals surface area (Å²) >= 11 is 0. The van der Waals surface area contributed by atoms with E-state index in [2.05, 4.69) is 99.0 Å². The molecular weight excluding hydrogens is 791 g/mol. The Kier molecular flexibility index (Phi) is 49.1. The number of carbonyl (C=O) groups is 2. The molecule has 0 fully saturated rings. The molecule has 0 saturated carbocycles. The number of aliphatic hydroxyl groups is 2. The highest BCUT2D eigenvalue weighted by atomic mass is 16.5. The maximum absolute atomic E-state index is 13.2. The molecule has 0 saturated heterocycles. The number of hydrogen-bond acceptors (Lipinski definition) is 5. The van der Waals surface area contributed by atoms with Crippen LogP contribution in [0.3, 0.4) is 0 Å². The van der Waals surface area contributed by atoms with E-state index >= 15 is 0 Å². The van der Waals surface area contributed by atoms with Gasteiger partial charge in [0.1, 0.15) is 6.10 Å². The molecule has 0 aliphatic rings. The van der Waals surface area contributed by atoms with Gasteiger partial charge in [0.15, 0.2) is 0 Å². The number of amides is 1. The fraction of sp³-hybridized carbons (Fsp3) is 0.759. The molecule has 0 rings (SSSR count). The summed E-state index contributed by atoms with van der Waals surface area (Å²) in [6.45, 7) is 6.26. The third kappa shape index (κ3) is 45.9. The van der Waals surface area contributed by atoms with E-state index in [-0.39, 0.29) is 24.9 Å². The number of nitrogens with one attached hydrogen (secondary N) is 1. The first-order valence-electron chi connectivity index (χ1n) is 27.2. The molecule has 1 amide bonds. The van der Waals surface area contributed by atoms with E-state index in [4.69, 9.17) is 4.74 Å². The van der Waals surface area contributed by atoms with Crippen molar-refractivity contribution in [2.24, 2.45) is 0 Å². The van der Waals surface area contributed by atoms with Crippen LogP contribution >= 0.6 is 0 Å². The lowest BCUT2D eigenvalue weighted by molar-refractivity contribution is -0.151. The van der Waals surface area contributed by atoms with Crippen LogP contribution in [0, 0.1) is 0 Å². The van der Waals surface area contributed by atoms with Crippen molar-refractivity contribution in [3.63, 3.8) is 0 Å². The van der Waals surface area contributed by atoms with E-state index in [0.717, 1.165) is 103 Å². The Labute approximate surface area is 396 Å². The van der Waals surface area contributed by atoms with Gasteiger partial charge in [0.25, 0.3) is 0 Å². The molecule has 0 aromatic rings. The van der Waals surface area contributed by atoms with Crippen molar-refractivity contribution in [2.75, 3.05) is 6.61 Å². The normalized spacial score (nSPS) is 13.8. The minimum atomic E-state index is -0.803. The van der Waals surface area contributed by atoms with Crippen molar-refractivity contribution < 1.29 is 24.5 Å². The number of carbonyl (C=O) groups excluding carboxylic acids is 2. The van der Waals surface area contributed by atoms with Crippen molar-refractivity contribution in [3.05, 3.63) is 72.9 Å². The molecule has 3 unspecified atom stereocenters. The first-order chi connectivity index (χ1) is 31.5. The molecule has 0 spiro atoms. The minimum absolute atomic E-state index is 0.0439. The monoisotopic (exact) mass is 894 g/mol. The molecule has 370 valence electrons. The molecule has 0 aliphatic heterocycles. The van der Waals surface area contributed by atoms with Gasteiger partial charge in [-0.1, -0.05) is 229 Å². The van der Waals surface area contributed by atoms with Crippen LogP contribution in [-0.4, -0.2) is 46.9 Å². The van der Waals surface area contributed by atoms with Crippen LogP contribution < -0.4 is 5.32 Å². The van der Waals surface area contributed by atoms with Gasteiger partial charge < -0.3 is 20.3 Å². The summed E-state index contributed by atoms with van der Waals surface area (Å²) in [5, 5.41) is 23.8. The molecule has 6 heteroatoms. The lowest BCUT2D eigenvalue weighted by Crippen LogP contribution is -2.46. The van der Waals surface area contributed by atoms with Crippen LogP contribution in [0.1, 0.15) is 258 Å². The van der Waals surface area contributed by atoms with Gasteiger partial charge >= 0.3 is 5.97 Å². The summed E-state index contributed by atoms with van der Waals surface area (Å²) in [7, 11) is 0. The molecule has 0 aliphatic carbocycles. The van der Waals surface area contributed by atoms with Crippen molar-refractivity contribution in [1.29, 1.82) is 0 Å². The summed E-state index contributed by atoms with van der Waals surface area (Å²) in [6, 6.07) is -0.720. The van der Waals surface area contributed by atoms with Gasteiger partial charge in [-0.15, -0.1) is 0 Å². The molecule has 3 N–H and O–H groups in total. The molecular formula is C58H103NO5. The zero-order valence-electron chi connectivity index (χ0n) is 42.1. The number of hydrogen-bond donors (Lipinski definition) is 3. The zero-order valence-corrected chi connectivity index (χ0v) is 42.1. The van der Waals surface area contributed by atoms with Gasteiger partial charge in [0.2, 0.25) is 5.91 Å². The molecule has 0 bridgehead atoms. The van der Waals surface area contributed by atoms with E-state index < -0.39 is 18.2 Å². The van der Waals surface area contributed by atoms with Gasteiger partial charge in [-0.05, 0) is 89.9 Å². The Morgan fingerprint density at radius 3 is 1.30 bits per heavy atom. The zero-order chi connectivity index (χ0) is 46.7. The largest absolute Gasteiger partial charge is 0.462 e. The van der Waals surface area contributed by atoms with Gasteiger partial charge in [0, 0.05) is 6.42 Å². The summed E-state index contributed by atoms with van der Waals surface area (Å²) in [5.74, 6) is -0.527. The van der Waals surface area contributed by atoms with Crippen molar-refractivity contribution in [1.82, 2.24) is 5.32 Å². The first kappa shape index (κ1) is 61.3. The predicted molar refractivity (Wildman–Crippen MR) is 278 cm³/mol. The van der Waals surface area contributed by atoms with Crippen molar-refractivity contribution in [2.45, 2.75) is 277 Å². The fourth-order valence-corrected chi connectivity index (χ4v) is 7.99. The second-order valence-corrected chi connectivity index (χ2v) is 18.2. The third-order valence-corrected chi connectivity index (χ3v) is 12.0. The third-order valence-electron chi connectivity index (χ3n) is 12.0. The summed E-state index contributed by atoms with van der Waals surface area (Å²) in [6.07, 6.45) is 65.4. The number of ether oxygens (including phenoxy) is 1. The summed E-state index contributed by atoms with van der Waals surface area (Å²) < 4.78 is 5.91. The maximum Gasteiger partial charge on any atom is 0.306 e. The number of aliphatic hydroxyl groups excluding tert-OH is 2. The van der Waals surface area contributed by atoms with Crippen LogP contribution in [0.2, 0.25) is 0 Å². The topological polar surface area (TPSA) is 95.9 Å². The quantitative estimate of drug-likeness (QED) is 0.0321. The number of allylic oxidation sites excluding steroid dienone is 12. The summed E-state index contributed by atoms with van der Waals surface area (Å²) in [4.78, 5) is 26.2. The number of rotatable bonds is 48. The van der Waals surface area contributed by atoms with Gasteiger partial charge in [-0.2, -0.15) is 0 Å². The molecule has 0 aromatic carbocycles. The lowest BCUT2D eigenvalue weighted by Gasteiger charge is -2.24. The van der Waals surface area contributed by atoms with Crippen molar-refractivity contribution >= 4 is 11.9 Å². The highest BCUT2D eigenvalue weighted by Crippen LogP contribution is 2.18. The standard InChI is InChI=1S/C58H103NO5/c1-4-7-10-13-16-19-22-25-27-29-30-32-35-38-41-44-47-50-56(61)55(53-60)59-57(62)52-54(49-46-43-40-37-34-24-21-18-15-12-9-6-3)64-58(63)51-48-45-42-39-36-33-31-28-26-23-20-17-14-11-8-5-2/h8-9,11-12,17-18,20-21,26,28,34,37,54-56,60-61H,4-7,10,13-16,19,22-25,27,29-33,35-36,38-53H2,1-3H3,(H,59,62)/b11-8+,12-9+,20-17+,21-18+,28-26+,37-34+. The van der Waals surface area contributed by atoms with E-state index in [0.29, 0.717) is 19.3 Å².